The minimum absolute atomic E-state index is 0.0561. The van der Waals surface area contributed by atoms with Crippen molar-refractivity contribution >= 4 is 38.5 Å². The highest BCUT2D eigenvalue weighted by Gasteiger charge is 2.34. The molecule has 2 aromatic carbocycles. The van der Waals surface area contributed by atoms with E-state index < -0.39 is 16.0 Å². The van der Waals surface area contributed by atoms with E-state index in [2.05, 4.69) is 0 Å². The van der Waals surface area contributed by atoms with Crippen LogP contribution in [0.3, 0.4) is 0 Å². The van der Waals surface area contributed by atoms with Crippen LogP contribution in [-0.2, 0) is 21.4 Å². The summed E-state index contributed by atoms with van der Waals surface area (Å²) in [4.78, 5) is 13.6. The predicted octanol–water partition coefficient (Wildman–Crippen LogP) is 3.50. The third-order valence-electron chi connectivity index (χ3n) is 6.04. The highest BCUT2D eigenvalue weighted by atomic mass is 35.5. The van der Waals surface area contributed by atoms with Crippen LogP contribution in [0.25, 0.3) is 10.9 Å². The molecule has 8 nitrogen and oxygen atoms in total. The molecule has 4 rings (SSSR count). The number of halogens is 1. The fraction of sp³-hybridized carbons (Fsp3) is 0.375. The molecular formula is C24H28ClN3O5S. The van der Waals surface area contributed by atoms with Crippen LogP contribution in [0.5, 0.6) is 5.75 Å². The highest BCUT2D eigenvalue weighted by Crippen LogP contribution is 2.37. The van der Waals surface area contributed by atoms with Gasteiger partial charge >= 0.3 is 5.97 Å². The van der Waals surface area contributed by atoms with Crippen molar-refractivity contribution in [1.29, 1.82) is 0 Å². The summed E-state index contributed by atoms with van der Waals surface area (Å²) in [6, 6.07) is 11.9. The fourth-order valence-electron chi connectivity index (χ4n) is 4.30. The zero-order chi connectivity index (χ0) is 24.5. The highest BCUT2D eigenvalue weighted by molar-refractivity contribution is 7.89. The lowest BCUT2D eigenvalue weighted by atomic mass is 9.98. The average Bonchev–Trinajstić information content (AvgIpc) is 3.39. The Balaban J connectivity index is 1.52. The van der Waals surface area contributed by atoms with Gasteiger partial charge < -0.3 is 19.3 Å². The van der Waals surface area contributed by atoms with Gasteiger partial charge in [-0.25, -0.2) is 8.42 Å². The van der Waals surface area contributed by atoms with Crippen molar-refractivity contribution in [2.45, 2.75) is 23.8 Å². The lowest BCUT2D eigenvalue weighted by molar-refractivity contribution is -0.137. The van der Waals surface area contributed by atoms with E-state index in [9.17, 15) is 18.3 Å². The maximum absolute atomic E-state index is 13.3. The number of rotatable bonds is 9. The third kappa shape index (κ3) is 5.22. The van der Waals surface area contributed by atoms with Gasteiger partial charge in [-0.1, -0.05) is 11.6 Å². The van der Waals surface area contributed by atoms with Gasteiger partial charge in [0.05, 0.1) is 4.90 Å². The van der Waals surface area contributed by atoms with Crippen molar-refractivity contribution in [3.8, 4) is 5.75 Å². The normalized spacial score (nSPS) is 17.0. The summed E-state index contributed by atoms with van der Waals surface area (Å²) in [5.41, 5.74) is 1.69. The molecule has 182 valence electrons. The van der Waals surface area contributed by atoms with E-state index in [1.54, 1.807) is 41.0 Å². The van der Waals surface area contributed by atoms with Gasteiger partial charge in [-0.3, -0.25) is 4.79 Å². The molecule has 0 spiro atoms. The summed E-state index contributed by atoms with van der Waals surface area (Å²) < 4.78 is 35.4. The van der Waals surface area contributed by atoms with Crippen molar-refractivity contribution in [1.82, 2.24) is 13.8 Å². The van der Waals surface area contributed by atoms with Gasteiger partial charge in [0.15, 0.2) is 0 Å². The van der Waals surface area contributed by atoms with Crippen LogP contribution < -0.4 is 4.74 Å². The first-order chi connectivity index (χ1) is 16.1. The Labute approximate surface area is 204 Å². The zero-order valence-electron chi connectivity index (χ0n) is 19.1. The van der Waals surface area contributed by atoms with Gasteiger partial charge in [-0.15, -0.1) is 0 Å². The standard InChI is InChI=1S/C24H28ClN3O5S/c1-26(2)11-12-33-19-4-6-20(7-5-19)34(31,32)28-10-9-17(14-28)22-15-27(16-24(29)30)23-8-3-18(25)13-21(22)23/h3-8,13,15,17H,9-12,14,16H2,1-2H3,(H,29,30). The molecule has 0 aliphatic carbocycles. The number of hydrogen-bond donors (Lipinski definition) is 1. The van der Waals surface area contributed by atoms with Crippen molar-refractivity contribution in [2.24, 2.45) is 0 Å². The molecule has 1 aromatic heterocycles. The summed E-state index contributed by atoms with van der Waals surface area (Å²) in [7, 11) is 0.257. The van der Waals surface area contributed by atoms with Crippen LogP contribution >= 0.6 is 11.6 Å². The van der Waals surface area contributed by atoms with E-state index >= 15 is 0 Å². The molecule has 1 fully saturated rings. The molecule has 1 unspecified atom stereocenters. The maximum Gasteiger partial charge on any atom is 0.323 e. The zero-order valence-corrected chi connectivity index (χ0v) is 20.7. The van der Waals surface area contributed by atoms with Gasteiger partial charge in [0, 0.05) is 47.7 Å². The maximum atomic E-state index is 13.3. The van der Waals surface area contributed by atoms with Crippen LogP contribution in [0.1, 0.15) is 17.9 Å². The number of fused-ring (bicyclic) bond motifs is 1. The Bertz CT molecular complexity index is 1290. The van der Waals surface area contributed by atoms with Gasteiger partial charge in [0.1, 0.15) is 18.9 Å². The van der Waals surface area contributed by atoms with Crippen molar-refractivity contribution in [3.05, 3.63) is 59.2 Å². The van der Waals surface area contributed by atoms with Crippen LogP contribution in [0.4, 0.5) is 0 Å². The second-order valence-electron chi connectivity index (χ2n) is 8.74. The summed E-state index contributed by atoms with van der Waals surface area (Å²) in [5, 5.41) is 10.7. The second-order valence-corrected chi connectivity index (χ2v) is 11.1. The van der Waals surface area contributed by atoms with Gasteiger partial charge in [0.2, 0.25) is 10.0 Å². The molecule has 1 atom stereocenters. The topological polar surface area (TPSA) is 92.1 Å². The van der Waals surface area contributed by atoms with Crippen molar-refractivity contribution < 1.29 is 23.1 Å². The van der Waals surface area contributed by atoms with Crippen LogP contribution in [0.2, 0.25) is 5.02 Å². The summed E-state index contributed by atoms with van der Waals surface area (Å²) in [5.74, 6) is -0.370. The number of aromatic nitrogens is 1. The number of likely N-dealkylation sites (N-methyl/N-ethyl adjacent to an activating group) is 1. The molecule has 1 aliphatic heterocycles. The van der Waals surface area contributed by atoms with E-state index in [4.69, 9.17) is 16.3 Å². The predicted molar refractivity (Wildman–Crippen MR) is 131 cm³/mol. The number of aliphatic carboxylic acids is 1. The molecule has 2 heterocycles. The molecule has 1 saturated heterocycles. The molecule has 0 amide bonds. The molecule has 3 aromatic rings. The molecule has 0 saturated carbocycles. The minimum atomic E-state index is -3.66. The summed E-state index contributed by atoms with van der Waals surface area (Å²) in [6.45, 7) is 1.83. The molecule has 1 N–H and O–H groups in total. The van der Waals surface area contributed by atoms with Crippen molar-refractivity contribution in [3.63, 3.8) is 0 Å². The van der Waals surface area contributed by atoms with Crippen LogP contribution in [0.15, 0.2) is 53.6 Å². The molecule has 10 heteroatoms. The van der Waals surface area contributed by atoms with Gasteiger partial charge in [-0.2, -0.15) is 4.31 Å². The average molecular weight is 506 g/mol. The van der Waals surface area contributed by atoms with Crippen molar-refractivity contribution in [2.75, 3.05) is 40.3 Å². The number of carbonyl (C=O) groups is 1. The van der Waals surface area contributed by atoms with E-state index in [1.807, 2.05) is 31.3 Å². The van der Waals surface area contributed by atoms with E-state index in [0.29, 0.717) is 36.9 Å². The lowest BCUT2D eigenvalue weighted by Crippen LogP contribution is -2.28. The number of sulfonamides is 1. The quantitative estimate of drug-likeness (QED) is 0.478. The molecular weight excluding hydrogens is 478 g/mol. The first-order valence-electron chi connectivity index (χ1n) is 11.0. The monoisotopic (exact) mass is 505 g/mol. The first kappa shape index (κ1) is 24.5. The Morgan fingerprint density at radius 1 is 1.21 bits per heavy atom. The van der Waals surface area contributed by atoms with E-state index in [-0.39, 0.29) is 17.4 Å². The van der Waals surface area contributed by atoms with Gasteiger partial charge in [-0.05, 0) is 68.5 Å². The van der Waals surface area contributed by atoms with Crippen LogP contribution in [-0.4, -0.2) is 73.6 Å². The SMILES string of the molecule is CN(C)CCOc1ccc(S(=O)(=O)N2CCC(c3cn(CC(=O)O)c4ccc(Cl)cc34)C2)cc1. The largest absolute Gasteiger partial charge is 0.492 e. The van der Waals surface area contributed by atoms with Crippen LogP contribution in [0, 0.1) is 0 Å². The van der Waals surface area contributed by atoms with E-state index in [0.717, 1.165) is 23.0 Å². The van der Waals surface area contributed by atoms with Gasteiger partial charge in [0.25, 0.3) is 0 Å². The van der Waals surface area contributed by atoms with E-state index in [1.165, 1.54) is 4.31 Å². The summed E-state index contributed by atoms with van der Waals surface area (Å²) in [6.07, 6.45) is 2.46. The number of nitrogens with zero attached hydrogens (tertiary/aromatic N) is 3. The number of benzene rings is 2. The minimum Gasteiger partial charge on any atom is -0.492 e. The molecule has 0 radical (unpaired) electrons. The Morgan fingerprint density at radius 2 is 1.94 bits per heavy atom. The molecule has 34 heavy (non-hydrogen) atoms. The Morgan fingerprint density at radius 3 is 2.62 bits per heavy atom. The second kappa shape index (κ2) is 9.95. The number of hydrogen-bond acceptors (Lipinski definition) is 5. The molecule has 0 bridgehead atoms. The fourth-order valence-corrected chi connectivity index (χ4v) is 5.97. The number of carboxylic acid groups (broad SMARTS) is 1. The first-order valence-corrected chi connectivity index (χ1v) is 12.8. The Hall–Kier alpha value is -2.59. The third-order valence-corrected chi connectivity index (χ3v) is 8.15. The number of ether oxygens (including phenoxy) is 1. The smallest absolute Gasteiger partial charge is 0.323 e. The molecule has 1 aliphatic rings. The summed E-state index contributed by atoms with van der Waals surface area (Å²) >= 11 is 6.21. The number of carboxylic acids is 1. The Kier molecular flexibility index (Phi) is 7.18. The lowest BCUT2D eigenvalue weighted by Gasteiger charge is -2.17.